The topological polar surface area (TPSA) is 189 Å². The van der Waals surface area contributed by atoms with Gasteiger partial charge in [-0.05, 0) is 79.4 Å². The molecule has 0 saturated carbocycles. The Balaban J connectivity index is 0.000000347. The standard InChI is InChI=1S/C16H14BrCl2FN2O3S.C16H12BrCl2FN2O2S.C2H4O2.CH4/c1-2-26(24,25)9-4-3-8(11(20)6-9)5-13(23)22-16-12(21)7-10(18)14(17)15(16)19;1-2-25(23,24)9-4-3-8(11(20)6-9)5-13-21-12-7-10(18)14(17)15(19)16(12)22-13;1-2(3)4;/h3-4,6-7H,2,5,21H2,1H3,(H,22,23);3-4,6-7H,2,5H2,1H3,(H,21,22);1H3,(H,3,4);1H4. The van der Waals surface area contributed by atoms with Crippen molar-refractivity contribution in [2.45, 2.75) is 50.8 Å². The summed E-state index contributed by atoms with van der Waals surface area (Å²) in [6.07, 6.45) is -0.160. The Morgan fingerprint density at radius 3 is 1.79 bits per heavy atom. The quantitative estimate of drug-likeness (QED) is 0.0823. The number of nitrogens with two attached hydrogens (primary N) is 1. The van der Waals surface area contributed by atoms with E-state index in [2.05, 4.69) is 47.1 Å². The molecule has 0 atom stereocenters. The van der Waals surface area contributed by atoms with Crippen molar-refractivity contribution in [3.05, 3.63) is 106 Å². The smallest absolute Gasteiger partial charge is 0.300 e. The van der Waals surface area contributed by atoms with E-state index in [4.69, 9.17) is 62.0 Å². The van der Waals surface area contributed by atoms with Crippen LogP contribution in [0.4, 0.5) is 20.2 Å². The number of carbonyl (C=O) groups is 2. The van der Waals surface area contributed by atoms with Crippen molar-refractivity contribution in [1.29, 1.82) is 0 Å². The molecule has 5 N–H and O–H groups in total. The number of anilines is 2. The van der Waals surface area contributed by atoms with E-state index in [1.54, 1.807) is 6.07 Å². The summed E-state index contributed by atoms with van der Waals surface area (Å²) in [6, 6.07) is 10.4. The van der Waals surface area contributed by atoms with Crippen LogP contribution in [0.3, 0.4) is 0 Å². The van der Waals surface area contributed by atoms with E-state index in [1.807, 2.05) is 0 Å². The molecule has 4 aromatic carbocycles. The van der Waals surface area contributed by atoms with E-state index in [1.165, 1.54) is 44.2 Å². The second-order valence-corrected chi connectivity index (χ2v) is 19.0. The predicted molar refractivity (Wildman–Crippen MR) is 226 cm³/mol. The monoisotopic (exact) mass is 1020 g/mol. The minimum Gasteiger partial charge on any atom is -0.481 e. The van der Waals surface area contributed by atoms with Gasteiger partial charge in [-0.1, -0.05) is 79.8 Å². The van der Waals surface area contributed by atoms with Crippen LogP contribution in [0.25, 0.3) is 11.0 Å². The van der Waals surface area contributed by atoms with Gasteiger partial charge in [-0.25, -0.2) is 30.6 Å². The van der Waals surface area contributed by atoms with Gasteiger partial charge in [0.1, 0.15) is 23.0 Å². The third-order valence-electron chi connectivity index (χ3n) is 7.36. The second-order valence-electron chi connectivity index (χ2n) is 11.3. The number of aromatic nitrogens is 2. The molecule has 0 aliphatic heterocycles. The molecule has 0 saturated heterocycles. The Morgan fingerprint density at radius 1 is 0.839 bits per heavy atom. The number of fused-ring (bicyclic) bond motifs is 1. The summed E-state index contributed by atoms with van der Waals surface area (Å²) in [6.45, 7) is 4.07. The Kier molecular flexibility index (Phi) is 18.1. The van der Waals surface area contributed by atoms with Gasteiger partial charge in [-0.15, -0.1) is 0 Å². The summed E-state index contributed by atoms with van der Waals surface area (Å²) in [7, 11) is -6.97. The van der Waals surface area contributed by atoms with Crippen molar-refractivity contribution in [2.24, 2.45) is 0 Å². The van der Waals surface area contributed by atoms with Gasteiger partial charge in [0, 0.05) is 13.3 Å². The number of rotatable bonds is 9. The number of aliphatic carboxylic acids is 1. The lowest BCUT2D eigenvalue weighted by Gasteiger charge is -2.13. The van der Waals surface area contributed by atoms with Crippen LogP contribution >= 0.6 is 78.3 Å². The highest BCUT2D eigenvalue weighted by molar-refractivity contribution is 9.11. The molecule has 5 aromatic rings. The third-order valence-corrected chi connectivity index (χ3v) is 14.7. The number of nitrogen functional groups attached to an aromatic ring is 1. The molecule has 1 heterocycles. The Morgan fingerprint density at radius 2 is 1.30 bits per heavy atom. The van der Waals surface area contributed by atoms with Gasteiger partial charge >= 0.3 is 0 Å². The fourth-order valence-electron chi connectivity index (χ4n) is 4.53. The van der Waals surface area contributed by atoms with Crippen LogP contribution < -0.4 is 11.1 Å². The number of nitrogens with zero attached hydrogens (tertiary/aromatic N) is 1. The molecule has 1 aromatic heterocycles. The van der Waals surface area contributed by atoms with Gasteiger partial charge in [0.2, 0.25) is 5.91 Å². The molecule has 0 spiro atoms. The number of aromatic amines is 1. The number of benzene rings is 4. The molecule has 0 bridgehead atoms. The molecule has 0 radical (unpaired) electrons. The summed E-state index contributed by atoms with van der Waals surface area (Å²) < 4.78 is 76.6. The van der Waals surface area contributed by atoms with Gasteiger partial charge < -0.3 is 21.1 Å². The molecule has 56 heavy (non-hydrogen) atoms. The zero-order valence-electron chi connectivity index (χ0n) is 28.7. The predicted octanol–water partition coefficient (Wildman–Crippen LogP) is 10.3. The second kappa shape index (κ2) is 20.6. The van der Waals surface area contributed by atoms with Crippen LogP contribution in [0.15, 0.2) is 67.3 Å². The minimum atomic E-state index is -3.53. The van der Waals surface area contributed by atoms with Crippen LogP contribution in [0, 0.1) is 11.6 Å². The third kappa shape index (κ3) is 12.5. The van der Waals surface area contributed by atoms with E-state index < -0.39 is 43.2 Å². The fourth-order valence-corrected chi connectivity index (χ4v) is 7.95. The maximum absolute atomic E-state index is 14.3. The maximum Gasteiger partial charge on any atom is 0.300 e. The number of carboxylic acids is 1. The number of sulfone groups is 2. The van der Waals surface area contributed by atoms with Crippen molar-refractivity contribution in [2.75, 3.05) is 22.6 Å². The first-order valence-corrected chi connectivity index (χ1v) is 21.9. The van der Waals surface area contributed by atoms with Crippen molar-refractivity contribution in [3.63, 3.8) is 0 Å². The lowest BCUT2D eigenvalue weighted by Crippen LogP contribution is -2.17. The summed E-state index contributed by atoms with van der Waals surface area (Å²) in [5.41, 5.74) is 7.64. The number of hydrogen-bond donors (Lipinski definition) is 4. The largest absolute Gasteiger partial charge is 0.481 e. The van der Waals surface area contributed by atoms with E-state index in [0.29, 0.717) is 41.4 Å². The lowest BCUT2D eigenvalue weighted by atomic mass is 10.1. The number of carbonyl (C=O) groups excluding carboxylic acids is 1. The maximum atomic E-state index is 14.3. The highest BCUT2D eigenvalue weighted by Gasteiger charge is 2.20. The van der Waals surface area contributed by atoms with E-state index in [0.717, 1.165) is 19.1 Å². The summed E-state index contributed by atoms with van der Waals surface area (Å²) in [4.78, 5) is 28.5. The fraction of sp³-hybridized carbons (Fsp3) is 0.229. The van der Waals surface area contributed by atoms with E-state index >= 15 is 0 Å². The average Bonchev–Trinajstić information content (AvgIpc) is 3.52. The molecule has 21 heteroatoms. The Bertz CT molecular complexity index is 2510. The molecule has 1 amide bonds. The Hall–Kier alpha value is -3.03. The number of H-pyrrole nitrogens is 1. The van der Waals surface area contributed by atoms with Crippen LogP contribution in [0.5, 0.6) is 0 Å². The van der Waals surface area contributed by atoms with Crippen LogP contribution in [0.2, 0.25) is 20.1 Å². The highest BCUT2D eigenvalue weighted by atomic mass is 79.9. The number of hydrogen-bond acceptors (Lipinski definition) is 8. The highest BCUT2D eigenvalue weighted by Crippen LogP contribution is 2.40. The molecule has 0 fully saturated rings. The molecule has 11 nitrogen and oxygen atoms in total. The first-order chi connectivity index (χ1) is 25.5. The van der Waals surface area contributed by atoms with Gasteiger partial charge in [0.25, 0.3) is 5.97 Å². The molecule has 0 unspecified atom stereocenters. The van der Waals surface area contributed by atoms with Crippen molar-refractivity contribution >= 4 is 132 Å². The van der Waals surface area contributed by atoms with Gasteiger partial charge in [-0.3, -0.25) is 9.59 Å². The normalized spacial score (nSPS) is 11.1. The summed E-state index contributed by atoms with van der Waals surface area (Å²) in [5.74, 6) is -2.51. The van der Waals surface area contributed by atoms with Crippen LogP contribution in [0.1, 0.15) is 45.1 Å². The zero-order valence-corrected chi connectivity index (χ0v) is 36.5. The Labute approximate surface area is 359 Å². The summed E-state index contributed by atoms with van der Waals surface area (Å²) in [5, 5.41) is 11.1. The van der Waals surface area contributed by atoms with E-state index in [-0.39, 0.29) is 68.5 Å². The zero-order chi connectivity index (χ0) is 41.6. The number of imidazole rings is 1. The number of amides is 1. The first kappa shape index (κ1) is 49.1. The van der Waals surface area contributed by atoms with Crippen molar-refractivity contribution < 1.29 is 40.3 Å². The van der Waals surface area contributed by atoms with Crippen molar-refractivity contribution in [3.8, 4) is 0 Å². The molecular weight excluding hydrogens is 992 g/mol. The molecule has 5 rings (SSSR count). The van der Waals surface area contributed by atoms with Gasteiger partial charge in [-0.2, -0.15) is 0 Å². The van der Waals surface area contributed by atoms with E-state index in [9.17, 15) is 30.4 Å². The SMILES string of the molecule is C.CC(=O)O.CCS(=O)(=O)c1ccc(CC(=O)Nc2c(N)cc(Cl)c(Br)c2Cl)c(F)c1.CCS(=O)(=O)c1ccc(Cc2nc3c(Cl)c(Br)c(Cl)cc3[nH]2)c(F)c1. The number of nitrogens with one attached hydrogen (secondary N) is 2. The molecule has 304 valence electrons. The summed E-state index contributed by atoms with van der Waals surface area (Å²) >= 11 is 30.8. The van der Waals surface area contributed by atoms with Crippen LogP contribution in [-0.2, 0) is 42.1 Å². The number of carboxylic acid groups (broad SMARTS) is 1. The number of halogens is 8. The molecular formula is C35H34Br2Cl4F2N4O7S2. The molecule has 0 aliphatic rings. The van der Waals surface area contributed by atoms with Crippen LogP contribution in [-0.4, -0.2) is 55.3 Å². The lowest BCUT2D eigenvalue weighted by molar-refractivity contribution is -0.134. The first-order valence-electron chi connectivity index (χ1n) is 15.5. The van der Waals surface area contributed by atoms with Gasteiger partial charge in [0.15, 0.2) is 19.7 Å². The minimum absolute atomic E-state index is 0. The average molecular weight is 1030 g/mol. The molecule has 0 aliphatic carbocycles. The van der Waals surface area contributed by atoms with Crippen molar-refractivity contribution in [1.82, 2.24) is 9.97 Å². The van der Waals surface area contributed by atoms with Gasteiger partial charge in [0.05, 0.1) is 73.6 Å².